The molecule has 4 rings (SSSR count). The number of hydrogen-bond donors (Lipinski definition) is 2. The van der Waals surface area contributed by atoms with Gasteiger partial charge in [0.05, 0.1) is 12.3 Å². The van der Waals surface area contributed by atoms with E-state index in [2.05, 4.69) is 27.9 Å². The van der Waals surface area contributed by atoms with Crippen molar-refractivity contribution in [1.82, 2.24) is 5.32 Å². The van der Waals surface area contributed by atoms with Crippen LogP contribution in [-0.2, 0) is 16.0 Å². The number of nitrogens with zero attached hydrogens (tertiary/aromatic N) is 1. The Hall–Kier alpha value is -3.37. The molecule has 0 radical (unpaired) electrons. The summed E-state index contributed by atoms with van der Waals surface area (Å²) in [5.74, 6) is -0.956. The standard InChI is InChI=1S/C26H20ClIN2O5/c1-2-35-23-13-15(12-22(28)19(23)14-16-5-3-4-6-21(16)27)11-20-24(32)29-26(34)30(25(20)33)17-7-9-18(31)10-8-17/h3-13,31H,2,14H2,1H3,(H,29,32,34)/b20-11+. The Kier molecular flexibility index (Phi) is 7.42. The first-order valence-electron chi connectivity index (χ1n) is 10.7. The molecule has 0 bridgehead atoms. The third kappa shape index (κ3) is 5.33. The third-order valence-electron chi connectivity index (χ3n) is 5.32. The third-order valence-corrected chi connectivity index (χ3v) is 6.65. The monoisotopic (exact) mass is 602 g/mol. The molecule has 1 heterocycles. The number of nitrogens with one attached hydrogen (secondary N) is 1. The van der Waals surface area contributed by atoms with Gasteiger partial charge >= 0.3 is 6.03 Å². The predicted octanol–water partition coefficient (Wildman–Crippen LogP) is 5.31. The molecule has 2 N–H and O–H groups in total. The van der Waals surface area contributed by atoms with Crippen molar-refractivity contribution in [3.8, 4) is 11.5 Å². The summed E-state index contributed by atoms with van der Waals surface area (Å²) < 4.78 is 6.75. The Balaban J connectivity index is 1.72. The molecule has 1 aliphatic rings. The maximum Gasteiger partial charge on any atom is 0.335 e. The Labute approximate surface area is 220 Å². The zero-order valence-electron chi connectivity index (χ0n) is 18.5. The van der Waals surface area contributed by atoms with Crippen LogP contribution in [0.5, 0.6) is 11.5 Å². The topological polar surface area (TPSA) is 95.9 Å². The number of aromatic hydroxyl groups is 1. The fourth-order valence-electron chi connectivity index (χ4n) is 3.66. The van der Waals surface area contributed by atoms with Crippen LogP contribution in [0.1, 0.15) is 23.6 Å². The first-order chi connectivity index (χ1) is 16.8. The molecule has 0 unspecified atom stereocenters. The van der Waals surface area contributed by atoms with E-state index in [9.17, 15) is 19.5 Å². The van der Waals surface area contributed by atoms with Crippen molar-refractivity contribution in [2.24, 2.45) is 0 Å². The molecule has 1 saturated heterocycles. The van der Waals surface area contributed by atoms with Gasteiger partial charge in [-0.15, -0.1) is 0 Å². The lowest BCUT2D eigenvalue weighted by molar-refractivity contribution is -0.122. The molecule has 0 saturated carbocycles. The highest BCUT2D eigenvalue weighted by Gasteiger charge is 2.36. The number of barbiturate groups is 1. The average molecular weight is 603 g/mol. The van der Waals surface area contributed by atoms with Gasteiger partial charge in [-0.05, 0) is 89.2 Å². The number of halogens is 2. The zero-order chi connectivity index (χ0) is 25.1. The molecule has 0 aliphatic carbocycles. The van der Waals surface area contributed by atoms with E-state index in [-0.39, 0.29) is 17.0 Å². The van der Waals surface area contributed by atoms with Gasteiger partial charge in [0.2, 0.25) is 0 Å². The molecule has 7 nitrogen and oxygen atoms in total. The minimum absolute atomic E-state index is 0.0135. The molecule has 3 aromatic carbocycles. The number of carbonyl (C=O) groups is 3. The van der Waals surface area contributed by atoms with Gasteiger partial charge in [-0.3, -0.25) is 14.9 Å². The van der Waals surface area contributed by atoms with Crippen LogP contribution < -0.4 is 15.0 Å². The minimum atomic E-state index is -0.859. The number of rotatable bonds is 6. The first-order valence-corrected chi connectivity index (χ1v) is 12.1. The van der Waals surface area contributed by atoms with E-state index in [1.54, 1.807) is 6.07 Å². The van der Waals surface area contributed by atoms with E-state index in [1.807, 2.05) is 37.3 Å². The number of hydrogen-bond acceptors (Lipinski definition) is 5. The Bertz CT molecular complexity index is 1350. The lowest BCUT2D eigenvalue weighted by Crippen LogP contribution is -2.54. The van der Waals surface area contributed by atoms with Gasteiger partial charge in [0, 0.05) is 20.6 Å². The minimum Gasteiger partial charge on any atom is -0.508 e. The maximum atomic E-state index is 13.1. The summed E-state index contributed by atoms with van der Waals surface area (Å²) in [6, 6.07) is 15.8. The smallest absolute Gasteiger partial charge is 0.335 e. The molecule has 1 fully saturated rings. The SMILES string of the molecule is CCOc1cc(/C=C2\C(=O)NC(=O)N(c3ccc(O)cc3)C2=O)cc(I)c1Cc1ccccc1Cl. The van der Waals surface area contributed by atoms with Crippen molar-refractivity contribution in [2.45, 2.75) is 13.3 Å². The number of carbonyl (C=O) groups excluding carboxylic acids is 3. The first kappa shape index (κ1) is 24.7. The van der Waals surface area contributed by atoms with Crippen LogP contribution >= 0.6 is 34.2 Å². The number of urea groups is 1. The van der Waals surface area contributed by atoms with Crippen molar-refractivity contribution >= 4 is 63.8 Å². The van der Waals surface area contributed by atoms with Gasteiger partial charge in [0.15, 0.2) is 0 Å². The highest BCUT2D eigenvalue weighted by Crippen LogP contribution is 2.32. The van der Waals surface area contributed by atoms with Gasteiger partial charge in [0.25, 0.3) is 11.8 Å². The van der Waals surface area contributed by atoms with Gasteiger partial charge in [-0.25, -0.2) is 9.69 Å². The van der Waals surface area contributed by atoms with Crippen molar-refractivity contribution in [3.05, 3.63) is 91.5 Å². The van der Waals surface area contributed by atoms with Crippen molar-refractivity contribution in [1.29, 1.82) is 0 Å². The van der Waals surface area contributed by atoms with Crippen LogP contribution in [0.3, 0.4) is 0 Å². The molecule has 3 aromatic rings. The van der Waals surface area contributed by atoms with Crippen LogP contribution in [0.25, 0.3) is 6.08 Å². The molecule has 9 heteroatoms. The maximum absolute atomic E-state index is 13.1. The lowest BCUT2D eigenvalue weighted by Gasteiger charge is -2.26. The summed E-state index contributed by atoms with van der Waals surface area (Å²) in [5.41, 5.74) is 2.48. The van der Waals surface area contributed by atoms with Crippen LogP contribution in [0.4, 0.5) is 10.5 Å². The molecule has 0 spiro atoms. The van der Waals surface area contributed by atoms with E-state index >= 15 is 0 Å². The average Bonchev–Trinajstić information content (AvgIpc) is 2.81. The number of amides is 4. The van der Waals surface area contributed by atoms with E-state index in [1.165, 1.54) is 30.3 Å². The van der Waals surface area contributed by atoms with Gasteiger partial charge in [0.1, 0.15) is 17.1 Å². The summed E-state index contributed by atoms with van der Waals surface area (Å²) in [4.78, 5) is 38.9. The number of ether oxygens (including phenoxy) is 1. The molecule has 1 aliphatic heterocycles. The van der Waals surface area contributed by atoms with Crippen LogP contribution in [-0.4, -0.2) is 29.6 Å². The number of benzene rings is 3. The van der Waals surface area contributed by atoms with Crippen molar-refractivity contribution < 1.29 is 24.2 Å². The van der Waals surface area contributed by atoms with Crippen LogP contribution in [0.15, 0.2) is 66.2 Å². The van der Waals surface area contributed by atoms with E-state index in [0.717, 1.165) is 19.6 Å². The van der Waals surface area contributed by atoms with Gasteiger partial charge < -0.3 is 9.84 Å². The molecule has 35 heavy (non-hydrogen) atoms. The Morgan fingerprint density at radius 2 is 1.80 bits per heavy atom. The normalized spacial score (nSPS) is 14.9. The van der Waals surface area contributed by atoms with Crippen LogP contribution in [0, 0.1) is 3.57 Å². The second-order valence-electron chi connectivity index (χ2n) is 7.65. The van der Waals surface area contributed by atoms with Gasteiger partial charge in [-0.2, -0.15) is 0 Å². The Morgan fingerprint density at radius 1 is 1.09 bits per heavy atom. The number of phenols is 1. The quantitative estimate of drug-likeness (QED) is 0.227. The number of anilines is 1. The molecular weight excluding hydrogens is 583 g/mol. The van der Waals surface area contributed by atoms with E-state index in [0.29, 0.717) is 29.4 Å². The number of imide groups is 2. The predicted molar refractivity (Wildman–Crippen MR) is 142 cm³/mol. The highest BCUT2D eigenvalue weighted by molar-refractivity contribution is 14.1. The summed E-state index contributed by atoms with van der Waals surface area (Å²) in [6.07, 6.45) is 1.98. The van der Waals surface area contributed by atoms with E-state index < -0.39 is 17.8 Å². The fraction of sp³-hybridized carbons (Fsp3) is 0.115. The zero-order valence-corrected chi connectivity index (χ0v) is 21.5. The fourth-order valence-corrected chi connectivity index (χ4v) is 4.68. The molecule has 178 valence electrons. The van der Waals surface area contributed by atoms with E-state index in [4.69, 9.17) is 16.3 Å². The second-order valence-corrected chi connectivity index (χ2v) is 9.22. The van der Waals surface area contributed by atoms with Gasteiger partial charge in [-0.1, -0.05) is 29.8 Å². The molecular formula is C26H20ClIN2O5. The summed E-state index contributed by atoms with van der Waals surface area (Å²) in [7, 11) is 0. The molecule has 0 atom stereocenters. The lowest BCUT2D eigenvalue weighted by atomic mass is 10.0. The summed E-state index contributed by atoms with van der Waals surface area (Å²) in [5, 5.41) is 12.4. The molecule has 0 aromatic heterocycles. The highest BCUT2D eigenvalue weighted by atomic mass is 127. The van der Waals surface area contributed by atoms with Crippen LogP contribution in [0.2, 0.25) is 5.02 Å². The summed E-state index contributed by atoms with van der Waals surface area (Å²) >= 11 is 8.54. The largest absolute Gasteiger partial charge is 0.508 e. The number of phenolic OH excluding ortho intramolecular Hbond substituents is 1. The van der Waals surface area contributed by atoms with Crippen molar-refractivity contribution in [3.63, 3.8) is 0 Å². The van der Waals surface area contributed by atoms with Crippen molar-refractivity contribution in [2.75, 3.05) is 11.5 Å². The summed E-state index contributed by atoms with van der Waals surface area (Å²) in [6.45, 7) is 2.30. The Morgan fingerprint density at radius 3 is 2.49 bits per heavy atom. The second kappa shape index (κ2) is 10.5. The molecule has 4 amide bonds.